The molecular formula is C12H10F6N2O. The van der Waals surface area contributed by atoms with Crippen LogP contribution < -0.4 is 4.90 Å². The van der Waals surface area contributed by atoms with Crippen molar-refractivity contribution in [2.24, 2.45) is 0 Å². The topological polar surface area (TPSA) is 27.8 Å². The van der Waals surface area contributed by atoms with Crippen molar-refractivity contribution < 1.29 is 31.4 Å². The highest BCUT2D eigenvalue weighted by Gasteiger charge is 2.38. The average molecular weight is 312 g/mol. The number of benzene rings is 1. The molecular weight excluding hydrogens is 302 g/mol. The van der Waals surface area contributed by atoms with Crippen molar-refractivity contribution >= 4 is 11.4 Å². The summed E-state index contributed by atoms with van der Waals surface area (Å²) in [5.74, 6) is 0. The molecule has 0 radical (unpaired) electrons. The van der Waals surface area contributed by atoms with Gasteiger partial charge in [0, 0.05) is 12.2 Å². The van der Waals surface area contributed by atoms with E-state index in [1.807, 2.05) is 0 Å². The summed E-state index contributed by atoms with van der Waals surface area (Å²) in [4.78, 5) is 3.21. The molecule has 1 rings (SSSR count). The summed E-state index contributed by atoms with van der Waals surface area (Å²) >= 11 is 0. The van der Waals surface area contributed by atoms with Gasteiger partial charge in [-0.25, -0.2) is 4.85 Å². The molecule has 0 aliphatic rings. The van der Waals surface area contributed by atoms with Crippen molar-refractivity contribution in [3.05, 3.63) is 35.2 Å². The summed E-state index contributed by atoms with van der Waals surface area (Å²) in [6.07, 6.45) is -9.63. The summed E-state index contributed by atoms with van der Waals surface area (Å²) in [7, 11) is 0. The molecule has 0 heterocycles. The highest BCUT2D eigenvalue weighted by atomic mass is 19.4. The third-order valence-corrected chi connectivity index (χ3v) is 2.50. The van der Waals surface area contributed by atoms with Gasteiger partial charge in [-0.05, 0) is 12.1 Å². The zero-order valence-electron chi connectivity index (χ0n) is 10.5. The first-order valence-electron chi connectivity index (χ1n) is 5.59. The Kier molecular flexibility index (Phi) is 5.06. The van der Waals surface area contributed by atoms with Crippen LogP contribution in [0.3, 0.4) is 0 Å². The fourth-order valence-corrected chi connectivity index (χ4v) is 1.72. The predicted octanol–water partition coefficient (Wildman–Crippen LogP) is 3.62. The second-order valence-electron chi connectivity index (χ2n) is 4.07. The standard InChI is InChI=1S/C12H10F6N2O/c1-19-8-2-3-10(9(6-8)12(16,17)18)20(4-5-21)7-11(13,14)15/h2-3,6,21H,4-5,7H2. The number of halogens is 6. The van der Waals surface area contributed by atoms with Gasteiger partial charge in [0.15, 0.2) is 5.69 Å². The molecule has 0 fully saturated rings. The third-order valence-electron chi connectivity index (χ3n) is 2.50. The van der Waals surface area contributed by atoms with E-state index in [1.54, 1.807) is 0 Å². The molecule has 0 atom stereocenters. The van der Waals surface area contributed by atoms with Crippen molar-refractivity contribution in [3.63, 3.8) is 0 Å². The van der Waals surface area contributed by atoms with Gasteiger partial charge in [0.1, 0.15) is 6.54 Å². The van der Waals surface area contributed by atoms with E-state index in [0.29, 0.717) is 11.0 Å². The van der Waals surface area contributed by atoms with Crippen molar-refractivity contribution in [2.75, 3.05) is 24.6 Å². The highest BCUT2D eigenvalue weighted by molar-refractivity contribution is 5.62. The summed E-state index contributed by atoms with van der Waals surface area (Å²) in [5, 5.41) is 8.75. The van der Waals surface area contributed by atoms with Crippen molar-refractivity contribution in [3.8, 4) is 0 Å². The molecule has 21 heavy (non-hydrogen) atoms. The van der Waals surface area contributed by atoms with Crippen molar-refractivity contribution in [1.29, 1.82) is 0 Å². The number of anilines is 1. The molecule has 0 spiro atoms. The zero-order chi connectivity index (χ0) is 16.3. The maximum atomic E-state index is 12.9. The lowest BCUT2D eigenvalue weighted by Gasteiger charge is -2.28. The fraction of sp³-hybridized carbons (Fsp3) is 0.417. The number of rotatable bonds is 4. The van der Waals surface area contributed by atoms with Crippen LogP contribution in [-0.2, 0) is 6.18 Å². The fourth-order valence-electron chi connectivity index (χ4n) is 1.72. The molecule has 9 heteroatoms. The Bertz CT molecular complexity index is 532. The van der Waals surface area contributed by atoms with E-state index in [9.17, 15) is 26.3 Å². The Morgan fingerprint density at radius 3 is 2.19 bits per heavy atom. The van der Waals surface area contributed by atoms with Gasteiger partial charge in [0.2, 0.25) is 0 Å². The van der Waals surface area contributed by atoms with Crippen LogP contribution in [0, 0.1) is 6.57 Å². The zero-order valence-corrected chi connectivity index (χ0v) is 10.5. The largest absolute Gasteiger partial charge is 0.417 e. The molecule has 0 bridgehead atoms. The van der Waals surface area contributed by atoms with Gasteiger partial charge in [-0.1, -0.05) is 6.07 Å². The van der Waals surface area contributed by atoms with E-state index in [0.717, 1.165) is 12.1 Å². The molecule has 0 aliphatic carbocycles. The number of nitrogens with zero attached hydrogens (tertiary/aromatic N) is 2. The summed E-state index contributed by atoms with van der Waals surface area (Å²) in [6.45, 7) is 3.69. The minimum absolute atomic E-state index is 0.331. The molecule has 0 saturated heterocycles. The van der Waals surface area contributed by atoms with E-state index in [4.69, 9.17) is 11.7 Å². The van der Waals surface area contributed by atoms with E-state index in [1.165, 1.54) is 0 Å². The van der Waals surface area contributed by atoms with Gasteiger partial charge in [0.05, 0.1) is 18.7 Å². The minimum Gasteiger partial charge on any atom is -0.395 e. The second kappa shape index (κ2) is 6.22. The monoisotopic (exact) mass is 312 g/mol. The van der Waals surface area contributed by atoms with Crippen LogP contribution in [0.2, 0.25) is 0 Å². The molecule has 0 aromatic heterocycles. The molecule has 116 valence electrons. The van der Waals surface area contributed by atoms with Crippen LogP contribution in [0.4, 0.5) is 37.7 Å². The number of hydrogen-bond acceptors (Lipinski definition) is 2. The molecule has 3 nitrogen and oxygen atoms in total. The number of hydrogen-bond donors (Lipinski definition) is 1. The first-order chi connectivity index (χ1) is 9.58. The lowest BCUT2D eigenvalue weighted by atomic mass is 10.1. The van der Waals surface area contributed by atoms with Gasteiger partial charge >= 0.3 is 12.4 Å². The molecule has 1 aromatic rings. The number of aliphatic hydroxyl groups excluding tert-OH is 1. The smallest absolute Gasteiger partial charge is 0.395 e. The second-order valence-corrected chi connectivity index (χ2v) is 4.07. The van der Waals surface area contributed by atoms with Gasteiger partial charge in [0.25, 0.3) is 0 Å². The van der Waals surface area contributed by atoms with Crippen LogP contribution in [0.5, 0.6) is 0 Å². The van der Waals surface area contributed by atoms with E-state index < -0.39 is 43.3 Å². The molecule has 1 N–H and O–H groups in total. The SMILES string of the molecule is [C-]#[N+]c1ccc(N(CCO)CC(F)(F)F)c(C(F)(F)F)c1. The maximum absolute atomic E-state index is 12.9. The van der Waals surface area contributed by atoms with Gasteiger partial charge in [-0.15, -0.1) is 0 Å². The molecule has 0 unspecified atom stereocenters. The molecule has 1 aromatic carbocycles. The average Bonchev–Trinajstić information content (AvgIpc) is 2.35. The van der Waals surface area contributed by atoms with Crippen LogP contribution in [0.1, 0.15) is 5.56 Å². The Morgan fingerprint density at radius 2 is 1.76 bits per heavy atom. The first-order valence-corrected chi connectivity index (χ1v) is 5.59. The Labute approximate surface area is 116 Å². The Morgan fingerprint density at radius 1 is 1.14 bits per heavy atom. The number of aliphatic hydroxyl groups is 1. The van der Waals surface area contributed by atoms with Crippen LogP contribution in [-0.4, -0.2) is 31.0 Å². The van der Waals surface area contributed by atoms with Crippen LogP contribution in [0.15, 0.2) is 18.2 Å². The van der Waals surface area contributed by atoms with Gasteiger partial charge < -0.3 is 10.0 Å². The summed E-state index contributed by atoms with van der Waals surface area (Å²) < 4.78 is 76.1. The van der Waals surface area contributed by atoms with Gasteiger partial charge in [-0.2, -0.15) is 26.3 Å². The first kappa shape index (κ1) is 17.1. The normalized spacial score (nSPS) is 12.1. The van der Waals surface area contributed by atoms with Crippen molar-refractivity contribution in [2.45, 2.75) is 12.4 Å². The van der Waals surface area contributed by atoms with E-state index >= 15 is 0 Å². The lowest BCUT2D eigenvalue weighted by Crippen LogP contribution is -2.37. The number of alkyl halides is 6. The third kappa shape index (κ3) is 4.82. The molecule has 0 saturated carbocycles. The van der Waals surface area contributed by atoms with Crippen molar-refractivity contribution in [1.82, 2.24) is 0 Å². The summed E-state index contributed by atoms with van der Waals surface area (Å²) in [6, 6.07) is 2.29. The highest BCUT2D eigenvalue weighted by Crippen LogP contribution is 2.39. The van der Waals surface area contributed by atoms with E-state index in [2.05, 4.69) is 4.85 Å². The Hall–Kier alpha value is -1.95. The quantitative estimate of drug-likeness (QED) is 0.679. The van der Waals surface area contributed by atoms with Gasteiger partial charge in [-0.3, -0.25) is 0 Å². The maximum Gasteiger partial charge on any atom is 0.417 e. The summed E-state index contributed by atoms with van der Waals surface area (Å²) in [5.41, 5.74) is -2.39. The van der Waals surface area contributed by atoms with Crippen LogP contribution >= 0.6 is 0 Å². The van der Waals surface area contributed by atoms with E-state index in [-0.39, 0.29) is 5.69 Å². The molecule has 0 aliphatic heterocycles. The Balaban J connectivity index is 3.34. The minimum atomic E-state index is -4.91. The van der Waals surface area contributed by atoms with Crippen LogP contribution in [0.25, 0.3) is 4.85 Å². The predicted molar refractivity (Wildman–Crippen MR) is 63.1 cm³/mol. The molecule has 0 amide bonds. The lowest BCUT2D eigenvalue weighted by molar-refractivity contribution is -0.138.